The van der Waals surface area contributed by atoms with Crippen molar-refractivity contribution in [2.24, 2.45) is 0 Å². The van der Waals surface area contributed by atoms with Gasteiger partial charge in [0.25, 0.3) is 11.4 Å². The highest BCUT2D eigenvalue weighted by Gasteiger charge is 2.30. The molecule has 0 bridgehead atoms. The van der Waals surface area contributed by atoms with Gasteiger partial charge >= 0.3 is 11.4 Å². The lowest BCUT2D eigenvalue weighted by atomic mass is 9.95. The third-order valence-electron chi connectivity index (χ3n) is 4.91. The standard InChI is InChI=1S/C15H15N.C6H3N3O7/c1-2-6-12(7-3-1)15-11-10-13-8-4-5-9-14(13)16-15;10-6-4(8(13)14)1-3(7(11)12)2-5(6)9(15)16/h1-3,6-7,10-11H,4-5,8-9H2;1-2,10H. The molecule has 0 radical (unpaired) electrons. The first-order chi connectivity index (χ1) is 15.3. The molecule has 0 aliphatic heterocycles. The number of benzene rings is 2. The second kappa shape index (κ2) is 9.60. The van der Waals surface area contributed by atoms with Crippen molar-refractivity contribution < 1.29 is 19.9 Å². The SMILES string of the molecule is O=[N+]([O-])c1cc([N+](=O)[O-])c(O)c([N+](=O)[O-])c1.c1ccc(-c2ccc3c(n2)CCCC3)cc1. The van der Waals surface area contributed by atoms with Crippen LogP contribution in [-0.4, -0.2) is 24.9 Å². The normalized spacial score (nSPS) is 12.1. The zero-order valence-corrected chi connectivity index (χ0v) is 16.7. The van der Waals surface area contributed by atoms with Gasteiger partial charge in [0.05, 0.1) is 32.6 Å². The van der Waals surface area contributed by atoms with Gasteiger partial charge in [0.15, 0.2) is 0 Å². The molecule has 1 heterocycles. The van der Waals surface area contributed by atoms with Crippen LogP contribution in [0, 0.1) is 30.3 Å². The minimum atomic E-state index is -1.21. The Morgan fingerprint density at radius 2 is 1.38 bits per heavy atom. The summed E-state index contributed by atoms with van der Waals surface area (Å²) in [7, 11) is 0. The first kappa shape index (κ1) is 22.3. The Kier molecular flexibility index (Phi) is 6.68. The second-order valence-corrected chi connectivity index (χ2v) is 6.98. The van der Waals surface area contributed by atoms with Gasteiger partial charge in [-0.2, -0.15) is 0 Å². The molecule has 0 amide bonds. The van der Waals surface area contributed by atoms with E-state index in [1.165, 1.54) is 36.1 Å². The number of pyridine rings is 1. The average molecular weight is 438 g/mol. The summed E-state index contributed by atoms with van der Waals surface area (Å²) < 4.78 is 0. The lowest BCUT2D eigenvalue weighted by Crippen LogP contribution is -2.05. The van der Waals surface area contributed by atoms with Crippen molar-refractivity contribution in [2.45, 2.75) is 25.7 Å². The van der Waals surface area contributed by atoms with Gasteiger partial charge in [0.1, 0.15) is 0 Å². The summed E-state index contributed by atoms with van der Waals surface area (Å²) in [5, 5.41) is 40.2. The van der Waals surface area contributed by atoms with Crippen molar-refractivity contribution >= 4 is 17.1 Å². The number of hydrogen-bond acceptors (Lipinski definition) is 8. The highest BCUT2D eigenvalue weighted by molar-refractivity contribution is 5.64. The summed E-state index contributed by atoms with van der Waals surface area (Å²) in [6, 6.07) is 15.7. The monoisotopic (exact) mass is 438 g/mol. The van der Waals surface area contributed by atoms with Gasteiger partial charge in [-0.1, -0.05) is 36.4 Å². The lowest BCUT2D eigenvalue weighted by molar-refractivity contribution is -0.404. The van der Waals surface area contributed by atoms with Gasteiger partial charge in [-0.25, -0.2) is 0 Å². The Bertz CT molecular complexity index is 1150. The largest absolute Gasteiger partial charge is 0.497 e. The van der Waals surface area contributed by atoms with E-state index in [1.807, 2.05) is 6.07 Å². The maximum atomic E-state index is 10.4. The van der Waals surface area contributed by atoms with Crippen molar-refractivity contribution in [2.75, 3.05) is 0 Å². The van der Waals surface area contributed by atoms with Gasteiger partial charge in [0.2, 0.25) is 0 Å². The van der Waals surface area contributed by atoms with Gasteiger partial charge in [-0.3, -0.25) is 35.3 Å². The highest BCUT2D eigenvalue weighted by Crippen LogP contribution is 2.39. The fraction of sp³-hybridized carbons (Fsp3) is 0.190. The first-order valence-corrected chi connectivity index (χ1v) is 9.62. The average Bonchev–Trinajstić information content (AvgIpc) is 2.79. The third kappa shape index (κ3) is 5.01. The molecule has 1 N–H and O–H groups in total. The number of nitrogens with zero attached hydrogens (tertiary/aromatic N) is 4. The summed E-state index contributed by atoms with van der Waals surface area (Å²) in [5.41, 5.74) is 2.09. The van der Waals surface area contributed by atoms with Crippen molar-refractivity contribution in [1.29, 1.82) is 0 Å². The minimum absolute atomic E-state index is 0.447. The molecule has 32 heavy (non-hydrogen) atoms. The molecule has 0 unspecified atom stereocenters. The van der Waals surface area contributed by atoms with E-state index in [1.54, 1.807) is 0 Å². The number of aromatic nitrogens is 1. The number of fused-ring (bicyclic) bond motifs is 1. The molecule has 0 atom stereocenters. The molecule has 0 fully saturated rings. The number of phenolic OH excluding ortho intramolecular Hbond substituents is 1. The fourth-order valence-electron chi connectivity index (χ4n) is 3.33. The Morgan fingerprint density at radius 1 is 0.781 bits per heavy atom. The molecule has 11 nitrogen and oxygen atoms in total. The zero-order chi connectivity index (χ0) is 23.3. The van der Waals surface area contributed by atoms with Gasteiger partial charge in [0, 0.05) is 11.3 Å². The Hall–Kier alpha value is -4.41. The van der Waals surface area contributed by atoms with Crippen LogP contribution in [0.3, 0.4) is 0 Å². The topological polar surface area (TPSA) is 163 Å². The fourth-order valence-corrected chi connectivity index (χ4v) is 3.33. The Morgan fingerprint density at radius 3 is 1.94 bits per heavy atom. The van der Waals surface area contributed by atoms with E-state index in [4.69, 9.17) is 10.1 Å². The molecular formula is C21H18N4O7. The number of nitro groups is 3. The molecule has 0 saturated carbocycles. The number of rotatable bonds is 4. The van der Waals surface area contributed by atoms with E-state index >= 15 is 0 Å². The summed E-state index contributed by atoms with van der Waals surface area (Å²) in [6.45, 7) is 0. The first-order valence-electron chi connectivity index (χ1n) is 9.62. The van der Waals surface area contributed by atoms with Crippen LogP contribution in [0.15, 0.2) is 54.6 Å². The molecule has 0 saturated heterocycles. The van der Waals surface area contributed by atoms with Gasteiger partial charge < -0.3 is 5.11 Å². The third-order valence-corrected chi connectivity index (χ3v) is 4.91. The van der Waals surface area contributed by atoms with Crippen LogP contribution in [0.4, 0.5) is 17.1 Å². The van der Waals surface area contributed by atoms with Gasteiger partial charge in [-0.15, -0.1) is 0 Å². The quantitative estimate of drug-likeness (QED) is 0.451. The van der Waals surface area contributed by atoms with Crippen molar-refractivity contribution in [3.8, 4) is 17.0 Å². The molecule has 3 aromatic rings. The predicted octanol–water partition coefficient (Wildman–Crippen LogP) is 4.74. The van der Waals surface area contributed by atoms with Crippen molar-refractivity contribution in [1.82, 2.24) is 4.98 Å². The van der Waals surface area contributed by atoms with E-state index in [-0.39, 0.29) is 0 Å². The predicted molar refractivity (Wildman–Crippen MR) is 114 cm³/mol. The number of aromatic hydroxyl groups is 1. The molecular weight excluding hydrogens is 420 g/mol. The van der Waals surface area contributed by atoms with Crippen LogP contribution in [0.1, 0.15) is 24.1 Å². The molecule has 0 spiro atoms. The maximum absolute atomic E-state index is 10.4. The van der Waals surface area contributed by atoms with Crippen LogP contribution in [-0.2, 0) is 12.8 Å². The number of phenols is 1. The van der Waals surface area contributed by atoms with E-state index in [9.17, 15) is 30.3 Å². The van der Waals surface area contributed by atoms with Crippen LogP contribution in [0.25, 0.3) is 11.3 Å². The molecule has 164 valence electrons. The number of aryl methyl sites for hydroxylation is 2. The molecule has 11 heteroatoms. The van der Waals surface area contributed by atoms with Crippen LogP contribution >= 0.6 is 0 Å². The van der Waals surface area contributed by atoms with Crippen molar-refractivity contribution in [3.63, 3.8) is 0 Å². The summed E-state index contributed by atoms with van der Waals surface area (Å²) in [6.07, 6.45) is 4.96. The minimum Gasteiger partial charge on any atom is -0.497 e. The smallest absolute Gasteiger partial charge is 0.324 e. The number of nitro benzene ring substituents is 3. The Labute approximate surface area is 181 Å². The number of hydrogen-bond donors (Lipinski definition) is 1. The molecule has 2 aromatic carbocycles. The van der Waals surface area contributed by atoms with E-state index in [0.717, 1.165) is 12.1 Å². The van der Waals surface area contributed by atoms with Gasteiger partial charge in [-0.05, 0) is 37.3 Å². The summed E-state index contributed by atoms with van der Waals surface area (Å²) >= 11 is 0. The van der Waals surface area contributed by atoms with Crippen LogP contribution < -0.4 is 0 Å². The maximum Gasteiger partial charge on any atom is 0.324 e. The molecule has 4 rings (SSSR count). The van der Waals surface area contributed by atoms with Crippen LogP contribution in [0.2, 0.25) is 0 Å². The molecule has 1 aliphatic rings. The Balaban J connectivity index is 0.000000181. The van der Waals surface area contributed by atoms with Crippen LogP contribution in [0.5, 0.6) is 5.75 Å². The van der Waals surface area contributed by atoms with Crippen molar-refractivity contribution in [3.05, 3.63) is 96.2 Å². The van der Waals surface area contributed by atoms with E-state index in [0.29, 0.717) is 12.1 Å². The summed E-state index contributed by atoms with van der Waals surface area (Å²) in [4.78, 5) is 32.6. The second-order valence-electron chi connectivity index (χ2n) is 6.98. The van der Waals surface area contributed by atoms with E-state index in [2.05, 4.69) is 36.4 Å². The number of non-ortho nitro benzene ring substituents is 1. The molecule has 1 aromatic heterocycles. The van der Waals surface area contributed by atoms with E-state index < -0.39 is 37.6 Å². The lowest BCUT2D eigenvalue weighted by Gasteiger charge is -2.15. The highest BCUT2D eigenvalue weighted by atomic mass is 16.6. The molecule has 1 aliphatic carbocycles. The summed E-state index contributed by atoms with van der Waals surface area (Å²) in [5.74, 6) is -1.21. The zero-order valence-electron chi connectivity index (χ0n) is 16.7.